The van der Waals surface area contributed by atoms with Crippen molar-refractivity contribution in [2.24, 2.45) is 5.73 Å². The molecule has 0 spiro atoms. The van der Waals surface area contributed by atoms with Gasteiger partial charge in [0.15, 0.2) is 6.23 Å². The first-order chi connectivity index (χ1) is 9.70. The first kappa shape index (κ1) is 13.9. The third-order valence-electron chi connectivity index (χ3n) is 2.71. The Morgan fingerprint density at radius 1 is 1.10 bits per heavy atom. The molecule has 2 aromatic carbocycles. The normalized spacial score (nSPS) is 11.5. The number of rotatable bonds is 4. The molecule has 5 nitrogen and oxygen atoms in total. The third-order valence-corrected chi connectivity index (χ3v) is 2.71. The van der Waals surface area contributed by atoms with Crippen LogP contribution in [0.2, 0.25) is 0 Å². The van der Waals surface area contributed by atoms with Gasteiger partial charge in [-0.2, -0.15) is 0 Å². The lowest BCUT2D eigenvalue weighted by Gasteiger charge is -2.15. The molecule has 0 aliphatic heterocycles. The van der Waals surface area contributed by atoms with Gasteiger partial charge < -0.3 is 9.47 Å². The van der Waals surface area contributed by atoms with E-state index in [0.717, 1.165) is 5.56 Å². The Balaban J connectivity index is 1.99. The molecule has 0 aliphatic carbocycles. The van der Waals surface area contributed by atoms with Crippen molar-refractivity contribution < 1.29 is 14.3 Å². The minimum absolute atomic E-state index is 0.528. The van der Waals surface area contributed by atoms with E-state index in [2.05, 4.69) is 5.32 Å². The zero-order valence-electron chi connectivity index (χ0n) is 11.1. The maximum Gasteiger partial charge on any atom is 0.413 e. The average Bonchev–Trinajstić information content (AvgIpc) is 2.48. The summed E-state index contributed by atoms with van der Waals surface area (Å²) in [5.41, 5.74) is 7.06. The van der Waals surface area contributed by atoms with Gasteiger partial charge in [-0.25, -0.2) is 4.79 Å². The average molecular weight is 272 g/mol. The second-order valence-electron chi connectivity index (χ2n) is 4.06. The highest BCUT2D eigenvalue weighted by Gasteiger charge is 2.13. The second-order valence-corrected chi connectivity index (χ2v) is 4.06. The van der Waals surface area contributed by atoms with E-state index >= 15 is 0 Å². The molecule has 0 fully saturated rings. The van der Waals surface area contributed by atoms with E-state index in [1.54, 1.807) is 30.3 Å². The first-order valence-electron chi connectivity index (χ1n) is 6.12. The predicted octanol–water partition coefficient (Wildman–Crippen LogP) is 2.90. The molecule has 0 aliphatic rings. The third kappa shape index (κ3) is 3.49. The van der Waals surface area contributed by atoms with E-state index in [1.165, 1.54) is 7.11 Å². The lowest BCUT2D eigenvalue weighted by molar-refractivity contribution is 0.114. The number of hydrogen-bond donors (Lipinski definition) is 2. The predicted molar refractivity (Wildman–Crippen MR) is 76.5 cm³/mol. The molecule has 0 aromatic heterocycles. The van der Waals surface area contributed by atoms with E-state index in [9.17, 15) is 4.79 Å². The molecule has 3 N–H and O–H groups in total. The standard InChI is InChI=1S/C15H16N2O3/c1-19-13-10-6-5-9-12(13)17-15(18)20-14(16)11-7-3-2-4-8-11/h2-10,14H,16H2,1H3,(H,17,18). The van der Waals surface area contributed by atoms with Crippen molar-refractivity contribution >= 4 is 11.8 Å². The Labute approximate surface area is 117 Å². The van der Waals surface area contributed by atoms with Gasteiger partial charge in [-0.3, -0.25) is 11.1 Å². The second kappa shape index (κ2) is 6.58. The number of nitrogens with two attached hydrogens (primary N) is 1. The van der Waals surface area contributed by atoms with E-state index in [4.69, 9.17) is 15.2 Å². The van der Waals surface area contributed by atoms with Crippen molar-refractivity contribution in [2.75, 3.05) is 12.4 Å². The number of hydrogen-bond acceptors (Lipinski definition) is 4. The Morgan fingerprint density at radius 3 is 2.45 bits per heavy atom. The maximum atomic E-state index is 11.8. The molecule has 20 heavy (non-hydrogen) atoms. The summed E-state index contributed by atoms with van der Waals surface area (Å²) in [4.78, 5) is 11.8. The zero-order chi connectivity index (χ0) is 14.4. The minimum atomic E-state index is -0.814. The number of para-hydroxylation sites is 2. The topological polar surface area (TPSA) is 73.6 Å². The Hall–Kier alpha value is -2.53. The van der Waals surface area contributed by atoms with Crippen LogP contribution < -0.4 is 15.8 Å². The van der Waals surface area contributed by atoms with Crippen molar-refractivity contribution in [1.82, 2.24) is 0 Å². The van der Waals surface area contributed by atoms with Gasteiger partial charge in [-0.05, 0) is 12.1 Å². The van der Waals surface area contributed by atoms with E-state index in [0.29, 0.717) is 11.4 Å². The molecule has 0 heterocycles. The molecule has 1 atom stereocenters. The minimum Gasteiger partial charge on any atom is -0.495 e. The maximum absolute atomic E-state index is 11.8. The lowest BCUT2D eigenvalue weighted by Crippen LogP contribution is -2.22. The largest absolute Gasteiger partial charge is 0.495 e. The number of benzene rings is 2. The van der Waals surface area contributed by atoms with Crippen LogP contribution in [-0.2, 0) is 4.74 Å². The van der Waals surface area contributed by atoms with Crippen molar-refractivity contribution in [1.29, 1.82) is 0 Å². The summed E-state index contributed by atoms with van der Waals surface area (Å²) in [6, 6.07) is 16.2. The van der Waals surface area contributed by atoms with Crippen LogP contribution in [0, 0.1) is 0 Å². The van der Waals surface area contributed by atoms with E-state index in [-0.39, 0.29) is 0 Å². The Bertz CT molecular complexity index is 572. The summed E-state index contributed by atoms with van der Waals surface area (Å²) in [6.45, 7) is 0. The van der Waals surface area contributed by atoms with Gasteiger partial charge >= 0.3 is 6.09 Å². The molecule has 5 heteroatoms. The molecule has 0 saturated heterocycles. The first-order valence-corrected chi connectivity index (χ1v) is 6.12. The van der Waals surface area contributed by atoms with Gasteiger partial charge in [0.05, 0.1) is 12.8 Å². The van der Waals surface area contributed by atoms with Gasteiger partial charge in [-0.15, -0.1) is 0 Å². The molecule has 0 saturated carbocycles. The van der Waals surface area contributed by atoms with Crippen LogP contribution in [0.25, 0.3) is 0 Å². The zero-order valence-corrected chi connectivity index (χ0v) is 11.1. The number of amides is 1. The van der Waals surface area contributed by atoms with Gasteiger partial charge in [0.2, 0.25) is 0 Å². The molecule has 0 radical (unpaired) electrons. The molecule has 2 aromatic rings. The van der Waals surface area contributed by atoms with Gasteiger partial charge in [-0.1, -0.05) is 42.5 Å². The summed E-state index contributed by atoms with van der Waals surface area (Å²) in [7, 11) is 1.53. The lowest BCUT2D eigenvalue weighted by atomic mass is 10.2. The van der Waals surface area contributed by atoms with Crippen LogP contribution in [0.15, 0.2) is 54.6 Å². The molecular weight excluding hydrogens is 256 g/mol. The fourth-order valence-corrected chi connectivity index (χ4v) is 1.71. The number of ether oxygens (including phenoxy) is 2. The molecule has 1 unspecified atom stereocenters. The van der Waals surface area contributed by atoms with E-state index < -0.39 is 12.3 Å². The van der Waals surface area contributed by atoms with Crippen molar-refractivity contribution in [3.05, 3.63) is 60.2 Å². The molecular formula is C15H16N2O3. The smallest absolute Gasteiger partial charge is 0.413 e. The Kier molecular flexibility index (Phi) is 4.57. The van der Waals surface area contributed by atoms with Gasteiger partial charge in [0, 0.05) is 5.56 Å². The quantitative estimate of drug-likeness (QED) is 0.839. The number of nitrogens with one attached hydrogen (secondary N) is 1. The monoisotopic (exact) mass is 272 g/mol. The number of methoxy groups -OCH3 is 1. The Morgan fingerprint density at radius 2 is 1.75 bits per heavy atom. The summed E-state index contributed by atoms with van der Waals surface area (Å²) >= 11 is 0. The number of carbonyl (C=O) groups excluding carboxylic acids is 1. The molecule has 1 amide bonds. The van der Waals surface area contributed by atoms with Crippen molar-refractivity contribution in [3.8, 4) is 5.75 Å². The van der Waals surface area contributed by atoms with Crippen molar-refractivity contribution in [3.63, 3.8) is 0 Å². The summed E-state index contributed by atoms with van der Waals surface area (Å²) < 4.78 is 10.2. The summed E-state index contributed by atoms with van der Waals surface area (Å²) in [6.07, 6.45) is -1.45. The van der Waals surface area contributed by atoms with Gasteiger partial charge in [0.25, 0.3) is 0 Å². The van der Waals surface area contributed by atoms with Crippen LogP contribution >= 0.6 is 0 Å². The fourth-order valence-electron chi connectivity index (χ4n) is 1.71. The van der Waals surface area contributed by atoms with Crippen LogP contribution in [0.4, 0.5) is 10.5 Å². The summed E-state index contributed by atoms with van der Waals surface area (Å²) in [5, 5.41) is 2.60. The number of carbonyl (C=O) groups is 1. The summed E-state index contributed by atoms with van der Waals surface area (Å²) in [5.74, 6) is 0.553. The SMILES string of the molecule is COc1ccccc1NC(=O)OC(N)c1ccccc1. The van der Waals surface area contributed by atoms with Gasteiger partial charge in [0.1, 0.15) is 5.75 Å². The van der Waals surface area contributed by atoms with E-state index in [1.807, 2.05) is 24.3 Å². The van der Waals surface area contributed by atoms with Crippen LogP contribution in [0.1, 0.15) is 11.8 Å². The fraction of sp³-hybridized carbons (Fsp3) is 0.133. The van der Waals surface area contributed by atoms with Crippen LogP contribution in [0.5, 0.6) is 5.75 Å². The molecule has 104 valence electrons. The molecule has 2 rings (SSSR count). The highest BCUT2D eigenvalue weighted by atomic mass is 16.6. The molecule has 0 bridgehead atoms. The number of anilines is 1. The van der Waals surface area contributed by atoms with Crippen LogP contribution in [-0.4, -0.2) is 13.2 Å². The highest BCUT2D eigenvalue weighted by molar-refractivity contribution is 5.86. The highest BCUT2D eigenvalue weighted by Crippen LogP contribution is 2.23. The van der Waals surface area contributed by atoms with Crippen LogP contribution in [0.3, 0.4) is 0 Å². The van der Waals surface area contributed by atoms with Crippen molar-refractivity contribution in [2.45, 2.75) is 6.23 Å².